The van der Waals surface area contributed by atoms with E-state index in [9.17, 15) is 0 Å². The highest BCUT2D eigenvalue weighted by atomic mass is 15.2. The lowest BCUT2D eigenvalue weighted by atomic mass is 9.75. The first-order valence-electron chi connectivity index (χ1n) is 7.63. The lowest BCUT2D eigenvalue weighted by Gasteiger charge is -2.46. The van der Waals surface area contributed by atoms with Gasteiger partial charge in [-0.2, -0.15) is 0 Å². The molecule has 4 atom stereocenters. The van der Waals surface area contributed by atoms with Crippen LogP contribution in [0.4, 0.5) is 5.69 Å². The Balaban J connectivity index is 1.73. The van der Waals surface area contributed by atoms with Gasteiger partial charge in [-0.15, -0.1) is 0 Å². The van der Waals surface area contributed by atoms with Gasteiger partial charge in [0, 0.05) is 30.6 Å². The molecule has 0 bridgehead atoms. The fourth-order valence-electron chi connectivity index (χ4n) is 4.81. The van der Waals surface area contributed by atoms with Crippen LogP contribution in [-0.4, -0.2) is 13.1 Å². The Morgan fingerprint density at radius 1 is 0.842 bits per heavy atom. The number of hydrogen-bond donors (Lipinski definition) is 0. The first kappa shape index (κ1) is 10.3. The summed E-state index contributed by atoms with van der Waals surface area (Å²) >= 11 is 0. The van der Waals surface area contributed by atoms with Crippen LogP contribution in [0.2, 0.25) is 0 Å². The van der Waals surface area contributed by atoms with Crippen molar-refractivity contribution in [2.45, 2.75) is 24.7 Å². The quantitative estimate of drug-likeness (QED) is 0.631. The molecule has 19 heavy (non-hydrogen) atoms. The molecule has 0 spiro atoms. The van der Waals surface area contributed by atoms with E-state index in [0.717, 1.165) is 11.8 Å². The first-order valence-corrected chi connectivity index (χ1v) is 7.63. The van der Waals surface area contributed by atoms with Gasteiger partial charge in [0.1, 0.15) is 0 Å². The van der Waals surface area contributed by atoms with Crippen molar-refractivity contribution in [3.8, 4) is 0 Å². The SMILES string of the molecule is C1=C[C@@H]2c3cccc4c3N(C[C@H]2C1)C[C@H]1CC=C[C@H]41. The highest BCUT2D eigenvalue weighted by molar-refractivity contribution is 5.68. The molecule has 0 aromatic heterocycles. The fourth-order valence-corrected chi connectivity index (χ4v) is 4.81. The third-order valence-corrected chi connectivity index (χ3v) is 5.62. The zero-order chi connectivity index (χ0) is 12.4. The second-order valence-corrected chi connectivity index (χ2v) is 6.59. The van der Waals surface area contributed by atoms with Crippen LogP contribution >= 0.6 is 0 Å². The second kappa shape index (κ2) is 3.53. The summed E-state index contributed by atoms with van der Waals surface area (Å²) in [6, 6.07) is 7.03. The van der Waals surface area contributed by atoms with Gasteiger partial charge in [-0.3, -0.25) is 0 Å². The molecule has 2 aliphatic heterocycles. The molecular weight excluding hydrogens is 230 g/mol. The maximum absolute atomic E-state index is 2.70. The Kier molecular flexibility index (Phi) is 1.92. The van der Waals surface area contributed by atoms with E-state index >= 15 is 0 Å². The minimum absolute atomic E-state index is 0.688. The molecule has 96 valence electrons. The Labute approximate surface area is 114 Å². The molecule has 0 N–H and O–H groups in total. The van der Waals surface area contributed by atoms with Crippen molar-refractivity contribution in [3.63, 3.8) is 0 Å². The minimum Gasteiger partial charge on any atom is -0.370 e. The summed E-state index contributed by atoms with van der Waals surface area (Å²) in [4.78, 5) is 2.70. The van der Waals surface area contributed by atoms with E-state index in [4.69, 9.17) is 0 Å². The molecule has 5 rings (SSSR count). The Bertz CT molecular complexity index is 549. The van der Waals surface area contributed by atoms with E-state index in [2.05, 4.69) is 47.4 Å². The molecule has 0 radical (unpaired) electrons. The second-order valence-electron chi connectivity index (χ2n) is 6.59. The van der Waals surface area contributed by atoms with Gasteiger partial charge in [-0.25, -0.2) is 0 Å². The summed E-state index contributed by atoms with van der Waals surface area (Å²) < 4.78 is 0. The molecule has 2 heterocycles. The molecule has 4 aliphatic rings. The molecular formula is C18H19N. The van der Waals surface area contributed by atoms with Crippen LogP contribution in [0.5, 0.6) is 0 Å². The third kappa shape index (κ3) is 1.26. The summed E-state index contributed by atoms with van der Waals surface area (Å²) in [7, 11) is 0. The number of benzene rings is 1. The lowest BCUT2D eigenvalue weighted by molar-refractivity contribution is 0.410. The monoisotopic (exact) mass is 249 g/mol. The van der Waals surface area contributed by atoms with Gasteiger partial charge in [0.25, 0.3) is 0 Å². The van der Waals surface area contributed by atoms with Crippen LogP contribution in [0.3, 0.4) is 0 Å². The van der Waals surface area contributed by atoms with Crippen LogP contribution in [0.15, 0.2) is 42.5 Å². The van der Waals surface area contributed by atoms with Crippen molar-refractivity contribution in [1.82, 2.24) is 0 Å². The zero-order valence-electron chi connectivity index (χ0n) is 11.1. The predicted molar refractivity (Wildman–Crippen MR) is 78.6 cm³/mol. The average molecular weight is 249 g/mol. The molecule has 0 fully saturated rings. The standard InChI is InChI=1S/C18H19N/c1-4-12-10-19-11-13-5-2-7-15(13)17-9-3-8-16(18(17)19)14(12)6-1/h1-3,6-9,12-15H,4-5,10-11H2/t12-,13-,14+,15+/m1/s1. The van der Waals surface area contributed by atoms with Gasteiger partial charge in [0.05, 0.1) is 0 Å². The largest absolute Gasteiger partial charge is 0.370 e. The van der Waals surface area contributed by atoms with Gasteiger partial charge >= 0.3 is 0 Å². The summed E-state index contributed by atoms with van der Waals surface area (Å²) in [6.45, 7) is 2.54. The van der Waals surface area contributed by atoms with Crippen molar-refractivity contribution in [2.24, 2.45) is 11.8 Å². The van der Waals surface area contributed by atoms with Gasteiger partial charge in [-0.05, 0) is 35.8 Å². The topological polar surface area (TPSA) is 3.24 Å². The van der Waals surface area contributed by atoms with Crippen molar-refractivity contribution < 1.29 is 0 Å². The van der Waals surface area contributed by atoms with Crippen molar-refractivity contribution >= 4 is 5.69 Å². The highest BCUT2D eigenvalue weighted by Gasteiger charge is 2.41. The summed E-state index contributed by atoms with van der Waals surface area (Å²) in [5.74, 6) is 3.03. The molecule has 0 saturated heterocycles. The van der Waals surface area contributed by atoms with E-state index in [0.29, 0.717) is 11.8 Å². The molecule has 2 aliphatic carbocycles. The van der Waals surface area contributed by atoms with Gasteiger partial charge in [0.15, 0.2) is 0 Å². The van der Waals surface area contributed by atoms with Crippen LogP contribution in [-0.2, 0) is 0 Å². The zero-order valence-corrected chi connectivity index (χ0v) is 11.1. The van der Waals surface area contributed by atoms with E-state index in [1.165, 1.54) is 25.9 Å². The van der Waals surface area contributed by atoms with Gasteiger partial charge in [0.2, 0.25) is 0 Å². The first-order chi connectivity index (χ1) is 9.42. The smallest absolute Gasteiger partial charge is 0.0443 e. The van der Waals surface area contributed by atoms with Crippen molar-refractivity contribution in [1.29, 1.82) is 0 Å². The molecule has 0 amide bonds. The van der Waals surface area contributed by atoms with Crippen LogP contribution in [0.1, 0.15) is 35.8 Å². The van der Waals surface area contributed by atoms with Gasteiger partial charge < -0.3 is 4.90 Å². The van der Waals surface area contributed by atoms with Gasteiger partial charge in [-0.1, -0.05) is 42.5 Å². The average Bonchev–Trinajstić information content (AvgIpc) is 3.07. The van der Waals surface area contributed by atoms with E-state index in [-0.39, 0.29) is 0 Å². The number of allylic oxidation sites excluding steroid dienone is 4. The third-order valence-electron chi connectivity index (χ3n) is 5.62. The van der Waals surface area contributed by atoms with E-state index in [1.54, 1.807) is 16.8 Å². The molecule has 0 saturated carbocycles. The number of fused-ring (bicyclic) bond motifs is 4. The van der Waals surface area contributed by atoms with E-state index in [1.807, 2.05) is 0 Å². The molecule has 1 aromatic rings. The minimum atomic E-state index is 0.688. The van der Waals surface area contributed by atoms with Crippen LogP contribution < -0.4 is 4.90 Å². The maximum Gasteiger partial charge on any atom is 0.0443 e. The maximum atomic E-state index is 2.70. The fraction of sp³-hybridized carbons (Fsp3) is 0.444. The predicted octanol–water partition coefficient (Wildman–Crippen LogP) is 3.84. The number of hydrogen-bond acceptors (Lipinski definition) is 1. The van der Waals surface area contributed by atoms with Crippen molar-refractivity contribution in [3.05, 3.63) is 53.6 Å². The summed E-state index contributed by atoms with van der Waals surface area (Å²) in [6.07, 6.45) is 12.2. The van der Waals surface area contributed by atoms with Crippen LogP contribution in [0, 0.1) is 11.8 Å². The number of rotatable bonds is 0. The summed E-state index contributed by atoms with van der Waals surface area (Å²) in [5, 5.41) is 0. The normalized spacial score (nSPS) is 37.2. The Morgan fingerprint density at radius 2 is 1.42 bits per heavy atom. The Morgan fingerprint density at radius 3 is 2.00 bits per heavy atom. The number of nitrogens with zero attached hydrogens (tertiary/aromatic N) is 1. The number of anilines is 1. The molecule has 1 aromatic carbocycles. The van der Waals surface area contributed by atoms with Crippen molar-refractivity contribution in [2.75, 3.05) is 18.0 Å². The lowest BCUT2D eigenvalue weighted by Crippen LogP contribution is -2.43. The molecule has 1 nitrogen and oxygen atoms in total. The highest BCUT2D eigenvalue weighted by Crippen LogP contribution is 2.52. The number of para-hydroxylation sites is 1. The molecule has 0 unspecified atom stereocenters. The Hall–Kier alpha value is -1.50. The molecule has 1 heteroatoms. The summed E-state index contributed by atoms with van der Waals surface area (Å²) in [5.41, 5.74) is 4.78. The van der Waals surface area contributed by atoms with Crippen LogP contribution in [0.25, 0.3) is 0 Å². The van der Waals surface area contributed by atoms with E-state index < -0.39 is 0 Å².